The molecule has 0 radical (unpaired) electrons. The van der Waals surface area contributed by atoms with Crippen molar-refractivity contribution < 1.29 is 4.79 Å². The van der Waals surface area contributed by atoms with Crippen molar-refractivity contribution in [3.63, 3.8) is 0 Å². The van der Waals surface area contributed by atoms with Gasteiger partial charge in [-0.2, -0.15) is 0 Å². The maximum absolute atomic E-state index is 11.8. The topological polar surface area (TPSA) is 44.4 Å². The highest BCUT2D eigenvalue weighted by molar-refractivity contribution is 6.30. The van der Waals surface area contributed by atoms with Gasteiger partial charge in [0.2, 0.25) is 5.91 Å². The fraction of sp³-hybridized carbons (Fsp3) is 0.500. The lowest BCUT2D eigenvalue weighted by Crippen LogP contribution is -2.43. The molecule has 0 saturated carbocycles. The van der Waals surface area contributed by atoms with E-state index in [0.717, 1.165) is 31.6 Å². The number of nitrogens with one attached hydrogen (secondary N) is 2. The number of halogens is 1. The van der Waals surface area contributed by atoms with E-state index in [1.807, 2.05) is 12.1 Å². The first-order valence-corrected chi connectivity index (χ1v) is 6.98. The van der Waals surface area contributed by atoms with Crippen LogP contribution in [0.25, 0.3) is 0 Å². The number of nitrogens with zero attached hydrogens (tertiary/aromatic N) is 1. The Hall–Kier alpha value is -1.10. The molecule has 0 aliphatic carbocycles. The molecule has 1 aliphatic rings. The maximum Gasteiger partial charge on any atom is 0.238 e. The molecule has 1 fully saturated rings. The number of benzene rings is 1. The fourth-order valence-electron chi connectivity index (χ4n) is 2.22. The summed E-state index contributed by atoms with van der Waals surface area (Å²) in [6, 6.07) is 7.63. The van der Waals surface area contributed by atoms with Crippen LogP contribution in [-0.4, -0.2) is 43.5 Å². The Balaban J connectivity index is 1.73. The second-order valence-electron chi connectivity index (χ2n) is 5.02. The van der Waals surface area contributed by atoms with E-state index in [1.165, 1.54) is 0 Å². The van der Waals surface area contributed by atoms with Gasteiger partial charge in [0.25, 0.3) is 0 Å². The van der Waals surface area contributed by atoms with E-state index in [2.05, 4.69) is 22.6 Å². The highest BCUT2D eigenvalue weighted by Gasteiger charge is 2.16. The number of carbonyl (C=O) groups is 1. The van der Waals surface area contributed by atoms with Crippen molar-refractivity contribution in [2.45, 2.75) is 18.9 Å². The van der Waals surface area contributed by atoms with Crippen LogP contribution < -0.4 is 10.6 Å². The normalized spacial score (nSPS) is 17.4. The predicted octanol–water partition coefficient (Wildman–Crippen LogP) is 1.96. The quantitative estimate of drug-likeness (QED) is 0.887. The second kappa shape index (κ2) is 6.89. The molecule has 104 valence electrons. The van der Waals surface area contributed by atoms with Crippen molar-refractivity contribution in [2.75, 3.05) is 32.0 Å². The number of piperidine rings is 1. The Bertz CT molecular complexity index is 430. The molecule has 1 heterocycles. The van der Waals surface area contributed by atoms with Gasteiger partial charge < -0.3 is 15.5 Å². The van der Waals surface area contributed by atoms with Crippen LogP contribution >= 0.6 is 11.6 Å². The molecule has 1 saturated heterocycles. The van der Waals surface area contributed by atoms with Gasteiger partial charge in [-0.15, -0.1) is 0 Å². The van der Waals surface area contributed by atoms with E-state index in [9.17, 15) is 4.79 Å². The molecule has 0 bridgehead atoms. The van der Waals surface area contributed by atoms with Crippen molar-refractivity contribution in [3.05, 3.63) is 29.3 Å². The van der Waals surface area contributed by atoms with Crippen LogP contribution in [0.3, 0.4) is 0 Å². The van der Waals surface area contributed by atoms with Gasteiger partial charge in [-0.3, -0.25) is 4.79 Å². The summed E-state index contributed by atoms with van der Waals surface area (Å²) in [5.41, 5.74) is 0.739. The van der Waals surface area contributed by atoms with E-state index in [0.29, 0.717) is 17.6 Å². The Morgan fingerprint density at radius 2 is 2.16 bits per heavy atom. The van der Waals surface area contributed by atoms with E-state index in [1.54, 1.807) is 12.1 Å². The number of rotatable bonds is 4. The lowest BCUT2D eigenvalue weighted by atomic mass is 10.1. The second-order valence-corrected chi connectivity index (χ2v) is 5.45. The number of hydrogen-bond acceptors (Lipinski definition) is 3. The molecule has 2 rings (SSSR count). The molecule has 1 aliphatic heterocycles. The first-order valence-electron chi connectivity index (χ1n) is 6.61. The van der Waals surface area contributed by atoms with Crippen molar-refractivity contribution in [1.82, 2.24) is 10.2 Å². The van der Waals surface area contributed by atoms with Gasteiger partial charge in [0.05, 0.1) is 6.54 Å². The van der Waals surface area contributed by atoms with Crippen molar-refractivity contribution >= 4 is 23.2 Å². The minimum atomic E-state index is -0.0267. The van der Waals surface area contributed by atoms with Crippen LogP contribution in [-0.2, 0) is 4.79 Å². The van der Waals surface area contributed by atoms with Gasteiger partial charge in [0.15, 0.2) is 0 Å². The van der Waals surface area contributed by atoms with Crippen LogP contribution in [0.1, 0.15) is 12.8 Å². The molecule has 0 unspecified atom stereocenters. The summed E-state index contributed by atoms with van der Waals surface area (Å²) >= 11 is 5.87. The van der Waals surface area contributed by atoms with E-state index >= 15 is 0 Å². The number of anilines is 1. The van der Waals surface area contributed by atoms with Gasteiger partial charge >= 0.3 is 0 Å². The summed E-state index contributed by atoms with van der Waals surface area (Å²) in [4.78, 5) is 14.1. The molecule has 5 heteroatoms. The summed E-state index contributed by atoms with van der Waals surface area (Å²) in [5, 5.41) is 6.77. The van der Waals surface area contributed by atoms with Crippen LogP contribution in [0.4, 0.5) is 5.69 Å². The first kappa shape index (κ1) is 14.3. The molecule has 2 N–H and O–H groups in total. The van der Waals surface area contributed by atoms with Crippen molar-refractivity contribution in [1.29, 1.82) is 0 Å². The Morgan fingerprint density at radius 1 is 1.42 bits per heavy atom. The van der Waals surface area contributed by atoms with E-state index in [4.69, 9.17) is 11.6 Å². The highest BCUT2D eigenvalue weighted by atomic mass is 35.5. The molecule has 1 aromatic carbocycles. The first-order chi connectivity index (χ1) is 9.13. The van der Waals surface area contributed by atoms with Gasteiger partial charge in [0, 0.05) is 16.8 Å². The summed E-state index contributed by atoms with van der Waals surface area (Å²) in [6.07, 6.45) is 2.20. The molecule has 19 heavy (non-hydrogen) atoms. The standard InChI is InChI=1S/C14H20ClN3O/c1-18-7-5-12(6-8-18)16-10-14(19)17-13-4-2-3-11(15)9-13/h2-4,9,12,16H,5-8,10H2,1H3,(H,17,19). The van der Waals surface area contributed by atoms with Gasteiger partial charge in [-0.1, -0.05) is 17.7 Å². The molecule has 4 nitrogen and oxygen atoms in total. The third-order valence-electron chi connectivity index (χ3n) is 3.38. The van der Waals surface area contributed by atoms with Crippen molar-refractivity contribution in [2.24, 2.45) is 0 Å². The molecular formula is C14H20ClN3O. The molecule has 1 aromatic rings. The lowest BCUT2D eigenvalue weighted by molar-refractivity contribution is -0.115. The van der Waals surface area contributed by atoms with Crippen molar-refractivity contribution in [3.8, 4) is 0 Å². The predicted molar refractivity (Wildman–Crippen MR) is 78.6 cm³/mol. The Kier molecular flexibility index (Phi) is 5.19. The summed E-state index contributed by atoms with van der Waals surface area (Å²) in [6.45, 7) is 2.53. The molecule has 0 spiro atoms. The smallest absolute Gasteiger partial charge is 0.238 e. The molecule has 1 amide bonds. The summed E-state index contributed by atoms with van der Waals surface area (Å²) in [5.74, 6) is -0.0267. The summed E-state index contributed by atoms with van der Waals surface area (Å²) < 4.78 is 0. The largest absolute Gasteiger partial charge is 0.325 e. The monoisotopic (exact) mass is 281 g/mol. The maximum atomic E-state index is 11.8. The lowest BCUT2D eigenvalue weighted by Gasteiger charge is -2.29. The van der Waals surface area contributed by atoms with Gasteiger partial charge in [0.1, 0.15) is 0 Å². The zero-order valence-electron chi connectivity index (χ0n) is 11.2. The van der Waals surface area contributed by atoms with Gasteiger partial charge in [-0.25, -0.2) is 0 Å². The zero-order chi connectivity index (χ0) is 13.7. The molecular weight excluding hydrogens is 262 g/mol. The summed E-state index contributed by atoms with van der Waals surface area (Å²) in [7, 11) is 2.13. The molecule has 0 atom stereocenters. The van der Waals surface area contributed by atoms with Crippen LogP contribution in [0.15, 0.2) is 24.3 Å². The third kappa shape index (κ3) is 4.82. The average molecular weight is 282 g/mol. The highest BCUT2D eigenvalue weighted by Crippen LogP contribution is 2.14. The van der Waals surface area contributed by atoms with Crippen LogP contribution in [0.2, 0.25) is 5.02 Å². The van der Waals surface area contributed by atoms with E-state index < -0.39 is 0 Å². The van der Waals surface area contributed by atoms with Crippen LogP contribution in [0.5, 0.6) is 0 Å². The Labute approximate surface area is 119 Å². The third-order valence-corrected chi connectivity index (χ3v) is 3.61. The minimum Gasteiger partial charge on any atom is -0.325 e. The number of likely N-dealkylation sites (tertiary alicyclic amines) is 1. The number of carbonyl (C=O) groups excluding carboxylic acids is 1. The number of amides is 1. The molecule has 0 aromatic heterocycles. The number of hydrogen-bond donors (Lipinski definition) is 2. The van der Waals surface area contributed by atoms with Gasteiger partial charge in [-0.05, 0) is 51.2 Å². The zero-order valence-corrected chi connectivity index (χ0v) is 11.9. The Morgan fingerprint density at radius 3 is 2.84 bits per heavy atom. The minimum absolute atomic E-state index is 0.0267. The average Bonchev–Trinajstić information content (AvgIpc) is 2.38. The SMILES string of the molecule is CN1CCC(NCC(=O)Nc2cccc(Cl)c2)CC1. The fourth-order valence-corrected chi connectivity index (χ4v) is 2.41. The van der Waals surface area contributed by atoms with E-state index in [-0.39, 0.29) is 5.91 Å². The van der Waals surface area contributed by atoms with Crippen LogP contribution in [0, 0.1) is 0 Å².